The highest BCUT2D eigenvalue weighted by Crippen LogP contribution is 2.16. The van der Waals surface area contributed by atoms with Gasteiger partial charge >= 0.3 is 0 Å². The molecule has 0 aliphatic heterocycles. The summed E-state index contributed by atoms with van der Waals surface area (Å²) >= 11 is 0. The zero-order valence-electron chi connectivity index (χ0n) is 9.81. The van der Waals surface area contributed by atoms with Crippen LogP contribution in [0.4, 0.5) is 5.95 Å². The smallest absolute Gasteiger partial charge is 0.221 e. The fourth-order valence-corrected chi connectivity index (χ4v) is 1.48. The maximum absolute atomic E-state index is 4.46. The third-order valence-corrected chi connectivity index (χ3v) is 2.21. The van der Waals surface area contributed by atoms with Crippen molar-refractivity contribution >= 4 is 5.95 Å². The van der Waals surface area contributed by atoms with E-state index in [0.717, 1.165) is 17.3 Å². The predicted octanol–water partition coefficient (Wildman–Crippen LogP) is 2.30. The van der Waals surface area contributed by atoms with Crippen LogP contribution in [0.5, 0.6) is 0 Å². The number of nitrogens with zero attached hydrogens (tertiary/aromatic N) is 3. The largest absolute Gasteiger partial charge is 0.352 e. The molecule has 0 saturated carbocycles. The molecule has 0 atom stereocenters. The van der Waals surface area contributed by atoms with Gasteiger partial charge in [0.15, 0.2) is 5.82 Å². The van der Waals surface area contributed by atoms with Crippen molar-refractivity contribution in [3.05, 3.63) is 30.3 Å². The summed E-state index contributed by atoms with van der Waals surface area (Å²) in [6.07, 6.45) is 0. The van der Waals surface area contributed by atoms with Gasteiger partial charge in [0.2, 0.25) is 5.95 Å². The van der Waals surface area contributed by atoms with Gasteiger partial charge in [-0.25, -0.2) is 4.68 Å². The summed E-state index contributed by atoms with van der Waals surface area (Å²) in [4.78, 5) is 4.46. The van der Waals surface area contributed by atoms with Gasteiger partial charge in [0.25, 0.3) is 0 Å². The maximum Gasteiger partial charge on any atom is 0.221 e. The Bertz CT molecular complexity index is 459. The molecule has 0 unspecified atom stereocenters. The fraction of sp³-hybridized carbons (Fsp3) is 0.333. The number of hydrogen-bond donors (Lipinski definition) is 1. The first kappa shape index (κ1) is 10.7. The Hall–Kier alpha value is -1.84. The molecule has 0 fully saturated rings. The second-order valence-corrected chi connectivity index (χ2v) is 4.05. The highest BCUT2D eigenvalue weighted by atomic mass is 15.4. The maximum atomic E-state index is 4.46. The molecular weight excluding hydrogens is 200 g/mol. The Balaban J connectivity index is 2.31. The van der Waals surface area contributed by atoms with Gasteiger partial charge in [0.1, 0.15) is 0 Å². The zero-order chi connectivity index (χ0) is 11.5. The van der Waals surface area contributed by atoms with Crippen molar-refractivity contribution in [2.45, 2.75) is 19.9 Å². The number of benzene rings is 1. The molecule has 4 nitrogen and oxygen atoms in total. The third-order valence-electron chi connectivity index (χ3n) is 2.21. The van der Waals surface area contributed by atoms with Crippen molar-refractivity contribution in [3.8, 4) is 11.4 Å². The second-order valence-electron chi connectivity index (χ2n) is 4.05. The van der Waals surface area contributed by atoms with Crippen LogP contribution in [-0.4, -0.2) is 20.8 Å². The lowest BCUT2D eigenvalue weighted by Gasteiger charge is -2.06. The molecule has 0 aliphatic carbocycles. The van der Waals surface area contributed by atoms with Crippen LogP contribution < -0.4 is 5.32 Å². The predicted molar refractivity (Wildman–Crippen MR) is 65.2 cm³/mol. The van der Waals surface area contributed by atoms with Gasteiger partial charge in [-0.1, -0.05) is 30.3 Å². The number of nitrogens with one attached hydrogen (secondary N) is 1. The van der Waals surface area contributed by atoms with Crippen LogP contribution in [-0.2, 0) is 7.05 Å². The third kappa shape index (κ3) is 2.21. The molecule has 1 aromatic heterocycles. The van der Waals surface area contributed by atoms with Crippen molar-refractivity contribution in [2.75, 3.05) is 5.32 Å². The Labute approximate surface area is 95.3 Å². The van der Waals surface area contributed by atoms with E-state index < -0.39 is 0 Å². The van der Waals surface area contributed by atoms with E-state index >= 15 is 0 Å². The van der Waals surface area contributed by atoms with Gasteiger partial charge in [-0.2, -0.15) is 4.98 Å². The molecule has 2 aromatic rings. The van der Waals surface area contributed by atoms with Gasteiger partial charge in [-0.3, -0.25) is 0 Å². The molecule has 16 heavy (non-hydrogen) atoms. The van der Waals surface area contributed by atoms with E-state index in [1.54, 1.807) is 4.68 Å². The van der Waals surface area contributed by atoms with Gasteiger partial charge in [0, 0.05) is 18.7 Å². The van der Waals surface area contributed by atoms with Crippen LogP contribution in [0, 0.1) is 0 Å². The first-order valence-corrected chi connectivity index (χ1v) is 5.40. The Morgan fingerprint density at radius 3 is 2.50 bits per heavy atom. The van der Waals surface area contributed by atoms with Crippen LogP contribution in [0.3, 0.4) is 0 Å². The number of aromatic nitrogens is 3. The molecule has 0 spiro atoms. The van der Waals surface area contributed by atoms with Crippen LogP contribution in [0.1, 0.15) is 13.8 Å². The van der Waals surface area contributed by atoms with E-state index in [1.165, 1.54) is 0 Å². The second kappa shape index (κ2) is 4.35. The summed E-state index contributed by atoms with van der Waals surface area (Å²) < 4.78 is 1.77. The number of anilines is 1. The van der Waals surface area contributed by atoms with Crippen molar-refractivity contribution in [1.29, 1.82) is 0 Å². The molecule has 0 amide bonds. The Morgan fingerprint density at radius 1 is 1.19 bits per heavy atom. The highest BCUT2D eigenvalue weighted by molar-refractivity contribution is 5.55. The topological polar surface area (TPSA) is 42.7 Å². The fourth-order valence-electron chi connectivity index (χ4n) is 1.48. The molecule has 1 heterocycles. The van der Waals surface area contributed by atoms with E-state index in [4.69, 9.17) is 0 Å². The summed E-state index contributed by atoms with van der Waals surface area (Å²) in [5, 5.41) is 7.63. The minimum atomic E-state index is 0.353. The van der Waals surface area contributed by atoms with Crippen LogP contribution in [0.25, 0.3) is 11.4 Å². The standard InChI is InChI=1S/C12H16N4/c1-9(2)13-12-14-11(15-16(12)3)10-7-5-4-6-8-10/h4-9H,1-3H3,(H,13,14,15). The lowest BCUT2D eigenvalue weighted by molar-refractivity contribution is 0.752. The summed E-state index contributed by atoms with van der Waals surface area (Å²) in [6, 6.07) is 10.3. The van der Waals surface area contributed by atoms with Crippen molar-refractivity contribution in [3.63, 3.8) is 0 Å². The first-order valence-electron chi connectivity index (χ1n) is 5.40. The SMILES string of the molecule is CC(C)Nc1nc(-c2ccccc2)nn1C. The first-order chi connectivity index (χ1) is 7.66. The molecule has 1 aromatic carbocycles. The number of rotatable bonds is 3. The van der Waals surface area contributed by atoms with E-state index in [0.29, 0.717) is 6.04 Å². The van der Waals surface area contributed by atoms with Gasteiger partial charge in [-0.15, -0.1) is 5.10 Å². The van der Waals surface area contributed by atoms with E-state index in [9.17, 15) is 0 Å². The summed E-state index contributed by atoms with van der Waals surface area (Å²) in [7, 11) is 1.89. The summed E-state index contributed by atoms with van der Waals surface area (Å²) in [6.45, 7) is 4.16. The molecule has 0 radical (unpaired) electrons. The molecular formula is C12H16N4. The lowest BCUT2D eigenvalue weighted by Crippen LogP contribution is -2.13. The van der Waals surface area contributed by atoms with Crippen LogP contribution in [0.15, 0.2) is 30.3 Å². The van der Waals surface area contributed by atoms with Gasteiger partial charge < -0.3 is 5.32 Å². The lowest BCUT2D eigenvalue weighted by atomic mass is 10.2. The molecule has 1 N–H and O–H groups in total. The Kier molecular flexibility index (Phi) is 2.90. The van der Waals surface area contributed by atoms with Crippen molar-refractivity contribution in [1.82, 2.24) is 14.8 Å². The monoisotopic (exact) mass is 216 g/mol. The number of aryl methyl sites for hydroxylation is 1. The zero-order valence-corrected chi connectivity index (χ0v) is 9.81. The molecule has 2 rings (SSSR count). The number of hydrogen-bond acceptors (Lipinski definition) is 3. The van der Waals surface area contributed by atoms with Crippen LogP contribution >= 0.6 is 0 Å². The molecule has 4 heteroatoms. The minimum Gasteiger partial charge on any atom is -0.352 e. The minimum absolute atomic E-state index is 0.353. The average molecular weight is 216 g/mol. The summed E-state index contributed by atoms with van der Waals surface area (Å²) in [5.41, 5.74) is 1.04. The van der Waals surface area contributed by atoms with Crippen molar-refractivity contribution < 1.29 is 0 Å². The molecule has 0 saturated heterocycles. The van der Waals surface area contributed by atoms with E-state index in [1.807, 2.05) is 37.4 Å². The highest BCUT2D eigenvalue weighted by Gasteiger charge is 2.08. The Morgan fingerprint density at radius 2 is 1.88 bits per heavy atom. The quantitative estimate of drug-likeness (QED) is 0.856. The average Bonchev–Trinajstić information content (AvgIpc) is 2.61. The van der Waals surface area contributed by atoms with E-state index in [2.05, 4.69) is 29.2 Å². The van der Waals surface area contributed by atoms with E-state index in [-0.39, 0.29) is 0 Å². The van der Waals surface area contributed by atoms with Crippen LogP contribution in [0.2, 0.25) is 0 Å². The normalized spacial score (nSPS) is 10.8. The van der Waals surface area contributed by atoms with Gasteiger partial charge in [-0.05, 0) is 13.8 Å². The van der Waals surface area contributed by atoms with Crippen molar-refractivity contribution in [2.24, 2.45) is 7.05 Å². The summed E-state index contributed by atoms with van der Waals surface area (Å²) in [5.74, 6) is 1.56. The molecule has 0 bridgehead atoms. The van der Waals surface area contributed by atoms with Gasteiger partial charge in [0.05, 0.1) is 0 Å². The molecule has 84 valence electrons. The molecule has 0 aliphatic rings.